The summed E-state index contributed by atoms with van der Waals surface area (Å²) in [7, 11) is 0. The third-order valence-electron chi connectivity index (χ3n) is 2.43. The topological polar surface area (TPSA) is 34.4 Å². The standard InChI is InChI=1S/C10H9NO2/c12-9-6-7-2-1-3-8-10(7)11(9)4-5-13-8/h1-3,6,12H,4-5H2. The van der Waals surface area contributed by atoms with Gasteiger partial charge in [-0.1, -0.05) is 12.1 Å². The summed E-state index contributed by atoms with van der Waals surface area (Å²) in [6.45, 7) is 1.36. The number of rotatable bonds is 0. The van der Waals surface area contributed by atoms with Crippen molar-refractivity contribution in [3.63, 3.8) is 0 Å². The number of ether oxygens (including phenoxy) is 1. The van der Waals surface area contributed by atoms with Crippen molar-refractivity contribution in [3.8, 4) is 11.6 Å². The van der Waals surface area contributed by atoms with Gasteiger partial charge in [0.2, 0.25) is 0 Å². The Bertz CT molecular complexity index is 473. The monoisotopic (exact) mass is 175 g/mol. The normalized spacial score (nSPS) is 14.5. The summed E-state index contributed by atoms with van der Waals surface area (Å²) in [5.74, 6) is 1.19. The molecule has 3 nitrogen and oxygen atoms in total. The second-order valence-electron chi connectivity index (χ2n) is 3.20. The highest BCUT2D eigenvalue weighted by molar-refractivity contribution is 5.88. The molecule has 66 valence electrons. The van der Waals surface area contributed by atoms with Crippen LogP contribution in [0, 0.1) is 0 Å². The van der Waals surface area contributed by atoms with Crippen LogP contribution >= 0.6 is 0 Å². The first-order valence-corrected chi connectivity index (χ1v) is 4.30. The summed E-state index contributed by atoms with van der Waals surface area (Å²) in [5, 5.41) is 10.6. The van der Waals surface area contributed by atoms with Gasteiger partial charge < -0.3 is 14.4 Å². The molecule has 0 saturated heterocycles. The van der Waals surface area contributed by atoms with E-state index < -0.39 is 0 Å². The molecule has 1 aromatic heterocycles. The number of hydrogen-bond acceptors (Lipinski definition) is 2. The lowest BCUT2D eigenvalue weighted by Gasteiger charge is -2.16. The molecule has 0 spiro atoms. The van der Waals surface area contributed by atoms with E-state index in [0.717, 1.165) is 23.2 Å². The number of nitrogens with zero attached hydrogens (tertiary/aromatic N) is 1. The minimum absolute atomic E-state index is 0.325. The maximum Gasteiger partial charge on any atom is 0.192 e. The highest BCUT2D eigenvalue weighted by atomic mass is 16.5. The van der Waals surface area contributed by atoms with Gasteiger partial charge in [-0.05, 0) is 6.07 Å². The first-order valence-electron chi connectivity index (χ1n) is 4.30. The number of aromatic nitrogens is 1. The lowest BCUT2D eigenvalue weighted by Crippen LogP contribution is -2.13. The van der Waals surface area contributed by atoms with Crippen molar-refractivity contribution in [1.82, 2.24) is 4.57 Å². The average molecular weight is 175 g/mol. The van der Waals surface area contributed by atoms with Crippen LogP contribution in [0.5, 0.6) is 11.6 Å². The van der Waals surface area contributed by atoms with Crippen molar-refractivity contribution >= 4 is 10.9 Å². The molecule has 2 heterocycles. The predicted octanol–water partition coefficient (Wildman–Crippen LogP) is 1.74. The van der Waals surface area contributed by atoms with E-state index >= 15 is 0 Å². The molecule has 0 bridgehead atoms. The molecule has 1 aromatic carbocycles. The maximum absolute atomic E-state index is 9.60. The Morgan fingerprint density at radius 1 is 1.38 bits per heavy atom. The van der Waals surface area contributed by atoms with Crippen molar-refractivity contribution in [2.75, 3.05) is 6.61 Å². The minimum Gasteiger partial charge on any atom is -0.494 e. The van der Waals surface area contributed by atoms with E-state index in [1.807, 2.05) is 22.8 Å². The second-order valence-corrected chi connectivity index (χ2v) is 3.20. The van der Waals surface area contributed by atoms with Gasteiger partial charge in [-0.3, -0.25) is 0 Å². The molecule has 0 aliphatic carbocycles. The lowest BCUT2D eigenvalue weighted by molar-refractivity contribution is 0.275. The molecule has 13 heavy (non-hydrogen) atoms. The average Bonchev–Trinajstić information content (AvgIpc) is 2.47. The number of aromatic hydroxyl groups is 1. The van der Waals surface area contributed by atoms with E-state index in [1.165, 1.54) is 0 Å². The molecule has 3 heteroatoms. The van der Waals surface area contributed by atoms with Crippen LogP contribution in [0.1, 0.15) is 0 Å². The number of para-hydroxylation sites is 1. The van der Waals surface area contributed by atoms with E-state index in [4.69, 9.17) is 4.74 Å². The number of hydrogen-bond donors (Lipinski definition) is 1. The van der Waals surface area contributed by atoms with E-state index in [0.29, 0.717) is 12.5 Å². The van der Waals surface area contributed by atoms with Gasteiger partial charge in [-0.2, -0.15) is 0 Å². The Kier molecular flexibility index (Phi) is 1.15. The first-order chi connectivity index (χ1) is 6.36. The predicted molar refractivity (Wildman–Crippen MR) is 49.1 cm³/mol. The van der Waals surface area contributed by atoms with Gasteiger partial charge in [-0.15, -0.1) is 0 Å². The Morgan fingerprint density at radius 2 is 2.31 bits per heavy atom. The van der Waals surface area contributed by atoms with Crippen LogP contribution in [-0.4, -0.2) is 16.3 Å². The molecular formula is C10H9NO2. The summed E-state index contributed by atoms with van der Waals surface area (Å²) < 4.78 is 7.36. The molecule has 0 saturated carbocycles. The zero-order valence-corrected chi connectivity index (χ0v) is 7.03. The first kappa shape index (κ1) is 6.83. The van der Waals surface area contributed by atoms with Gasteiger partial charge in [0.25, 0.3) is 0 Å². The van der Waals surface area contributed by atoms with Crippen LogP contribution in [0.4, 0.5) is 0 Å². The quantitative estimate of drug-likeness (QED) is 0.661. The summed E-state index contributed by atoms with van der Waals surface area (Å²) in [6.07, 6.45) is 0. The molecule has 1 aliphatic rings. The zero-order valence-electron chi connectivity index (χ0n) is 7.03. The van der Waals surface area contributed by atoms with Crippen LogP contribution in [-0.2, 0) is 6.54 Å². The molecule has 2 aromatic rings. The van der Waals surface area contributed by atoms with E-state index in [9.17, 15) is 5.11 Å². The molecule has 0 amide bonds. The molecule has 0 fully saturated rings. The summed E-state index contributed by atoms with van der Waals surface area (Å²) in [6, 6.07) is 7.61. The molecule has 1 aliphatic heterocycles. The van der Waals surface area contributed by atoms with Crippen molar-refractivity contribution in [2.24, 2.45) is 0 Å². The van der Waals surface area contributed by atoms with Crippen molar-refractivity contribution < 1.29 is 9.84 Å². The number of benzene rings is 1. The van der Waals surface area contributed by atoms with Crippen molar-refractivity contribution in [1.29, 1.82) is 0 Å². The highest BCUT2D eigenvalue weighted by Gasteiger charge is 2.15. The Morgan fingerprint density at radius 3 is 3.23 bits per heavy atom. The fourth-order valence-corrected chi connectivity index (χ4v) is 1.87. The zero-order chi connectivity index (χ0) is 8.84. The summed E-state index contributed by atoms with van der Waals surface area (Å²) >= 11 is 0. The Hall–Kier alpha value is -1.64. The molecular weight excluding hydrogens is 166 g/mol. The summed E-state index contributed by atoms with van der Waals surface area (Å²) in [5.41, 5.74) is 1.01. The highest BCUT2D eigenvalue weighted by Crippen LogP contribution is 2.33. The van der Waals surface area contributed by atoms with E-state index in [-0.39, 0.29) is 0 Å². The van der Waals surface area contributed by atoms with Crippen LogP contribution < -0.4 is 4.74 Å². The van der Waals surface area contributed by atoms with E-state index in [1.54, 1.807) is 6.07 Å². The van der Waals surface area contributed by atoms with Gasteiger partial charge in [0, 0.05) is 11.5 Å². The van der Waals surface area contributed by atoms with Crippen molar-refractivity contribution in [3.05, 3.63) is 24.3 Å². The van der Waals surface area contributed by atoms with Gasteiger partial charge in [0.1, 0.15) is 12.4 Å². The minimum atomic E-state index is 0.325. The molecule has 0 atom stereocenters. The van der Waals surface area contributed by atoms with Gasteiger partial charge in [0.05, 0.1) is 12.1 Å². The van der Waals surface area contributed by atoms with Crippen molar-refractivity contribution in [2.45, 2.75) is 6.54 Å². The van der Waals surface area contributed by atoms with Crippen LogP contribution in [0.25, 0.3) is 10.9 Å². The van der Waals surface area contributed by atoms with Gasteiger partial charge in [0.15, 0.2) is 5.88 Å². The second kappa shape index (κ2) is 2.19. The molecule has 0 unspecified atom stereocenters. The molecule has 0 radical (unpaired) electrons. The Balaban J connectivity index is 2.51. The maximum atomic E-state index is 9.60. The largest absolute Gasteiger partial charge is 0.494 e. The van der Waals surface area contributed by atoms with E-state index in [2.05, 4.69) is 0 Å². The van der Waals surface area contributed by atoms with Crippen LogP contribution in [0.15, 0.2) is 24.3 Å². The third kappa shape index (κ3) is 0.786. The Labute approximate surface area is 75.2 Å². The smallest absolute Gasteiger partial charge is 0.192 e. The van der Waals surface area contributed by atoms with Crippen LogP contribution in [0.3, 0.4) is 0 Å². The van der Waals surface area contributed by atoms with Gasteiger partial charge in [-0.25, -0.2) is 0 Å². The summed E-state index contributed by atoms with van der Waals surface area (Å²) in [4.78, 5) is 0. The van der Waals surface area contributed by atoms with Crippen LogP contribution in [0.2, 0.25) is 0 Å². The fourth-order valence-electron chi connectivity index (χ4n) is 1.87. The molecule has 1 N–H and O–H groups in total. The third-order valence-corrected chi connectivity index (χ3v) is 2.43. The lowest BCUT2D eigenvalue weighted by atomic mass is 10.2. The SMILES string of the molecule is Oc1cc2cccc3c2n1CCO3. The fraction of sp³-hybridized carbons (Fsp3) is 0.200. The molecule has 3 rings (SSSR count). The van der Waals surface area contributed by atoms with Gasteiger partial charge >= 0.3 is 0 Å².